The van der Waals surface area contributed by atoms with Crippen LogP contribution in [0.5, 0.6) is 5.75 Å². The van der Waals surface area contributed by atoms with Crippen molar-refractivity contribution in [1.82, 2.24) is 10.2 Å². The zero-order valence-corrected chi connectivity index (χ0v) is 21.7. The Hall–Kier alpha value is -3.03. The van der Waals surface area contributed by atoms with Crippen LogP contribution in [0.3, 0.4) is 0 Å². The summed E-state index contributed by atoms with van der Waals surface area (Å²) >= 11 is 3.33. The highest BCUT2D eigenvalue weighted by Crippen LogP contribution is 2.28. The number of halogens is 1. The van der Waals surface area contributed by atoms with Gasteiger partial charge >= 0.3 is 0 Å². The van der Waals surface area contributed by atoms with E-state index in [1.54, 1.807) is 49.6 Å². The van der Waals surface area contributed by atoms with Gasteiger partial charge in [-0.2, -0.15) is 0 Å². The van der Waals surface area contributed by atoms with Gasteiger partial charge in [-0.1, -0.05) is 29.5 Å². The Bertz CT molecular complexity index is 1380. The molecule has 0 unspecified atom stereocenters. The van der Waals surface area contributed by atoms with Gasteiger partial charge in [-0.05, 0) is 83.3 Å². The third-order valence-electron chi connectivity index (χ3n) is 4.74. The molecule has 34 heavy (non-hydrogen) atoms. The van der Waals surface area contributed by atoms with Crippen molar-refractivity contribution in [3.05, 3.63) is 82.4 Å². The molecule has 0 fully saturated rings. The van der Waals surface area contributed by atoms with Gasteiger partial charge in [-0.15, -0.1) is 10.2 Å². The van der Waals surface area contributed by atoms with Crippen LogP contribution in [-0.2, 0) is 14.8 Å². The molecule has 174 valence electrons. The number of methoxy groups -OCH3 is 1. The summed E-state index contributed by atoms with van der Waals surface area (Å²) in [6.07, 6.45) is 0. The van der Waals surface area contributed by atoms with Crippen LogP contribution < -0.4 is 14.4 Å². The molecule has 0 aliphatic carbocycles. The third-order valence-corrected chi connectivity index (χ3v) is 8.14. The highest BCUT2D eigenvalue weighted by atomic mass is 127. The largest absolute Gasteiger partial charge is 0.497 e. The van der Waals surface area contributed by atoms with Crippen molar-refractivity contribution >= 4 is 60.7 Å². The molecule has 1 N–H and O–H groups in total. The average Bonchev–Trinajstić information content (AvgIpc) is 3.32. The van der Waals surface area contributed by atoms with Crippen LogP contribution in [0.25, 0.3) is 10.6 Å². The van der Waals surface area contributed by atoms with Crippen molar-refractivity contribution < 1.29 is 17.9 Å². The summed E-state index contributed by atoms with van der Waals surface area (Å²) in [6, 6.07) is 22.2. The lowest BCUT2D eigenvalue weighted by atomic mass is 10.2. The van der Waals surface area contributed by atoms with E-state index in [0.29, 0.717) is 10.7 Å². The Morgan fingerprint density at radius 2 is 1.68 bits per heavy atom. The number of sulfonamides is 1. The molecular weight excluding hydrogens is 587 g/mol. The Morgan fingerprint density at radius 1 is 1.00 bits per heavy atom. The molecule has 1 aromatic heterocycles. The predicted molar refractivity (Wildman–Crippen MR) is 141 cm³/mol. The van der Waals surface area contributed by atoms with Crippen molar-refractivity contribution in [1.29, 1.82) is 0 Å². The number of rotatable bonds is 8. The Balaban J connectivity index is 1.55. The molecule has 0 atom stereocenters. The predicted octanol–water partition coefficient (Wildman–Crippen LogP) is 4.65. The molecule has 1 amide bonds. The molecule has 11 heteroatoms. The number of nitrogens with zero attached hydrogens (tertiary/aromatic N) is 3. The maximum Gasteiger partial charge on any atom is 0.264 e. The van der Waals surface area contributed by atoms with Crippen LogP contribution in [0.2, 0.25) is 0 Å². The fourth-order valence-corrected chi connectivity index (χ4v) is 5.62. The van der Waals surface area contributed by atoms with E-state index in [0.717, 1.165) is 19.2 Å². The molecule has 8 nitrogen and oxygen atoms in total. The number of hydrogen-bond acceptors (Lipinski definition) is 7. The van der Waals surface area contributed by atoms with E-state index in [4.69, 9.17) is 4.74 Å². The molecule has 0 aliphatic heterocycles. The second kappa shape index (κ2) is 10.5. The second-order valence-corrected chi connectivity index (χ2v) is 11.1. The molecule has 0 saturated carbocycles. The summed E-state index contributed by atoms with van der Waals surface area (Å²) in [5.74, 6) is 0.188. The lowest BCUT2D eigenvalue weighted by Gasteiger charge is -2.24. The molecular formula is C23H19IN4O4S2. The van der Waals surface area contributed by atoms with Gasteiger partial charge in [0.2, 0.25) is 11.0 Å². The Labute approximate surface area is 214 Å². The summed E-state index contributed by atoms with van der Waals surface area (Å²) in [4.78, 5) is 13.0. The number of anilines is 2. The number of carbonyl (C=O) groups excluding carboxylic acids is 1. The highest BCUT2D eigenvalue weighted by molar-refractivity contribution is 14.1. The van der Waals surface area contributed by atoms with Crippen LogP contribution in [0.4, 0.5) is 10.8 Å². The van der Waals surface area contributed by atoms with Crippen LogP contribution in [0.15, 0.2) is 83.8 Å². The van der Waals surface area contributed by atoms with Crippen LogP contribution in [-0.4, -0.2) is 38.2 Å². The summed E-state index contributed by atoms with van der Waals surface area (Å²) in [6.45, 7) is -0.421. The average molecular weight is 606 g/mol. The fourth-order valence-electron chi connectivity index (χ4n) is 3.06. The Morgan fingerprint density at radius 3 is 2.32 bits per heavy atom. The van der Waals surface area contributed by atoms with E-state index < -0.39 is 22.5 Å². The van der Waals surface area contributed by atoms with Gasteiger partial charge in [-0.25, -0.2) is 8.42 Å². The molecule has 0 spiro atoms. The van der Waals surface area contributed by atoms with Crippen molar-refractivity contribution in [3.8, 4) is 16.3 Å². The standard InChI is InChI=1S/C23H19IN4O4S2/c1-32-19-13-7-16(8-14-19)22-26-27-23(33-22)25-21(29)15-28(18-11-9-17(24)10-12-18)34(30,31)20-5-3-2-4-6-20/h2-14H,15H2,1H3,(H,25,27,29). The normalized spacial score (nSPS) is 11.1. The summed E-state index contributed by atoms with van der Waals surface area (Å²) < 4.78 is 33.9. The first-order valence-corrected chi connectivity index (χ1v) is 13.3. The van der Waals surface area contributed by atoms with Crippen molar-refractivity contribution in [3.63, 3.8) is 0 Å². The fraction of sp³-hybridized carbons (Fsp3) is 0.0870. The monoisotopic (exact) mass is 606 g/mol. The Kier molecular flexibility index (Phi) is 7.44. The quantitative estimate of drug-likeness (QED) is 0.293. The summed E-state index contributed by atoms with van der Waals surface area (Å²) in [5, 5.41) is 11.7. The van der Waals surface area contributed by atoms with Crippen LogP contribution in [0.1, 0.15) is 0 Å². The van der Waals surface area contributed by atoms with E-state index in [9.17, 15) is 13.2 Å². The van der Waals surface area contributed by atoms with E-state index >= 15 is 0 Å². The zero-order chi connectivity index (χ0) is 24.1. The minimum atomic E-state index is -3.97. The first-order chi connectivity index (χ1) is 16.4. The van der Waals surface area contributed by atoms with Crippen molar-refractivity contribution in [2.24, 2.45) is 0 Å². The molecule has 4 aromatic rings. The van der Waals surface area contributed by atoms with Crippen LogP contribution >= 0.6 is 33.9 Å². The smallest absolute Gasteiger partial charge is 0.264 e. The van der Waals surface area contributed by atoms with E-state index in [1.807, 2.05) is 24.3 Å². The second-order valence-electron chi connectivity index (χ2n) is 6.99. The van der Waals surface area contributed by atoms with Gasteiger partial charge in [0.1, 0.15) is 17.3 Å². The van der Waals surface area contributed by atoms with Crippen molar-refractivity contribution in [2.45, 2.75) is 4.90 Å². The molecule has 4 rings (SSSR count). The first-order valence-electron chi connectivity index (χ1n) is 9.98. The molecule has 0 aliphatic rings. The van der Waals surface area contributed by atoms with E-state index in [-0.39, 0.29) is 10.0 Å². The number of aromatic nitrogens is 2. The molecule has 0 radical (unpaired) electrons. The lowest BCUT2D eigenvalue weighted by molar-refractivity contribution is -0.114. The molecule has 1 heterocycles. The summed E-state index contributed by atoms with van der Waals surface area (Å²) in [5.41, 5.74) is 1.21. The number of hydrogen-bond donors (Lipinski definition) is 1. The molecule has 0 saturated heterocycles. The van der Waals surface area contributed by atoms with Gasteiger partial charge < -0.3 is 4.74 Å². The minimum Gasteiger partial charge on any atom is -0.497 e. The van der Waals surface area contributed by atoms with Crippen LogP contribution in [0, 0.1) is 3.57 Å². The molecule has 0 bridgehead atoms. The highest BCUT2D eigenvalue weighted by Gasteiger charge is 2.27. The van der Waals surface area contributed by atoms with E-state index in [1.165, 1.54) is 23.5 Å². The number of nitrogens with one attached hydrogen (secondary N) is 1. The van der Waals surface area contributed by atoms with Gasteiger partial charge in [0, 0.05) is 9.13 Å². The van der Waals surface area contributed by atoms with Gasteiger partial charge in [-0.3, -0.25) is 14.4 Å². The SMILES string of the molecule is COc1ccc(-c2nnc(NC(=O)CN(c3ccc(I)cc3)S(=O)(=O)c3ccccc3)s2)cc1. The van der Waals surface area contributed by atoms with E-state index in [2.05, 4.69) is 38.1 Å². The number of carbonyl (C=O) groups is 1. The molecule has 3 aromatic carbocycles. The zero-order valence-electron chi connectivity index (χ0n) is 17.9. The maximum absolute atomic E-state index is 13.4. The number of benzene rings is 3. The van der Waals surface area contributed by atoms with Gasteiger partial charge in [0.25, 0.3) is 10.0 Å². The van der Waals surface area contributed by atoms with Crippen molar-refractivity contribution in [2.75, 3.05) is 23.3 Å². The topological polar surface area (TPSA) is 101 Å². The van der Waals surface area contributed by atoms with Gasteiger partial charge in [0.15, 0.2) is 0 Å². The number of ether oxygens (including phenoxy) is 1. The van der Waals surface area contributed by atoms with Gasteiger partial charge in [0.05, 0.1) is 17.7 Å². The summed E-state index contributed by atoms with van der Waals surface area (Å²) in [7, 11) is -2.38. The lowest BCUT2D eigenvalue weighted by Crippen LogP contribution is -2.38. The maximum atomic E-state index is 13.4. The first kappa shape index (κ1) is 24.1. The third kappa shape index (κ3) is 5.54. The minimum absolute atomic E-state index is 0.0963. The number of amides is 1.